The standard InChI is InChI=1S/C24H19N3O3/c28-16-30-12-9-17-1-7-21-22-14-19(26-11-10-25-15-26)4-8-23(22)27(24(21)13-17)18-2-5-20(29)6-3-18/h1-8,10-11,13-16,29H,9,12H2. The van der Waals surface area contributed by atoms with Crippen LogP contribution in [0, 0.1) is 0 Å². The highest BCUT2D eigenvalue weighted by molar-refractivity contribution is 6.10. The molecule has 0 radical (unpaired) electrons. The third-order valence-electron chi connectivity index (χ3n) is 5.30. The van der Waals surface area contributed by atoms with E-state index in [1.54, 1.807) is 24.7 Å². The summed E-state index contributed by atoms with van der Waals surface area (Å²) in [7, 11) is 0. The summed E-state index contributed by atoms with van der Waals surface area (Å²) in [6.45, 7) is 0.822. The Balaban J connectivity index is 1.74. The summed E-state index contributed by atoms with van der Waals surface area (Å²) in [6, 6.07) is 19.8. The number of phenolic OH excluding ortho intramolecular Hbond substituents is 1. The number of aromatic hydroxyl groups is 1. The van der Waals surface area contributed by atoms with Crippen LogP contribution in [0.5, 0.6) is 5.75 Å². The molecular weight excluding hydrogens is 378 g/mol. The summed E-state index contributed by atoms with van der Waals surface area (Å²) in [5.74, 6) is 0.230. The van der Waals surface area contributed by atoms with Crippen LogP contribution >= 0.6 is 0 Å². The molecule has 5 aromatic rings. The molecule has 1 N–H and O–H groups in total. The molecule has 0 amide bonds. The summed E-state index contributed by atoms with van der Waals surface area (Å²) in [4.78, 5) is 14.6. The number of imidazole rings is 1. The second-order valence-corrected chi connectivity index (χ2v) is 7.09. The fraction of sp³-hybridized carbons (Fsp3) is 0.0833. The minimum absolute atomic E-state index is 0.230. The van der Waals surface area contributed by atoms with Crippen molar-refractivity contribution in [3.8, 4) is 17.1 Å². The van der Waals surface area contributed by atoms with Crippen molar-refractivity contribution in [3.63, 3.8) is 0 Å². The summed E-state index contributed by atoms with van der Waals surface area (Å²) < 4.78 is 9.04. The number of hydrogen-bond acceptors (Lipinski definition) is 4. The average Bonchev–Trinajstić information content (AvgIpc) is 3.41. The Hall–Kier alpha value is -4.06. The Morgan fingerprint density at radius 1 is 0.933 bits per heavy atom. The maximum Gasteiger partial charge on any atom is 0.293 e. The summed E-state index contributed by atoms with van der Waals surface area (Å²) in [5.41, 5.74) is 5.21. The highest BCUT2D eigenvalue weighted by Crippen LogP contribution is 2.34. The second-order valence-electron chi connectivity index (χ2n) is 7.09. The minimum atomic E-state index is 0.230. The van der Waals surface area contributed by atoms with Gasteiger partial charge in [-0.05, 0) is 54.1 Å². The van der Waals surface area contributed by atoms with Crippen molar-refractivity contribution in [2.75, 3.05) is 6.61 Å². The van der Waals surface area contributed by atoms with E-state index >= 15 is 0 Å². The molecule has 6 heteroatoms. The predicted molar refractivity (Wildman–Crippen MR) is 115 cm³/mol. The van der Waals surface area contributed by atoms with Crippen molar-refractivity contribution >= 4 is 28.3 Å². The molecule has 0 unspecified atom stereocenters. The first kappa shape index (κ1) is 18.0. The smallest absolute Gasteiger partial charge is 0.293 e. The number of ether oxygens (including phenoxy) is 1. The van der Waals surface area contributed by atoms with E-state index < -0.39 is 0 Å². The summed E-state index contributed by atoms with van der Waals surface area (Å²) in [6.07, 6.45) is 6.11. The van der Waals surface area contributed by atoms with Crippen LogP contribution in [0.3, 0.4) is 0 Å². The molecule has 2 aromatic heterocycles. The highest BCUT2D eigenvalue weighted by atomic mass is 16.5. The van der Waals surface area contributed by atoms with Crippen LogP contribution in [0.25, 0.3) is 33.2 Å². The molecule has 148 valence electrons. The number of rotatable bonds is 6. The van der Waals surface area contributed by atoms with Crippen LogP contribution in [0.1, 0.15) is 5.56 Å². The maximum absolute atomic E-state index is 10.5. The van der Waals surface area contributed by atoms with E-state index in [9.17, 15) is 9.90 Å². The molecular formula is C24H19N3O3. The predicted octanol–water partition coefficient (Wildman–Crippen LogP) is 4.39. The van der Waals surface area contributed by atoms with Gasteiger partial charge in [0.05, 0.1) is 24.0 Å². The number of aromatic nitrogens is 3. The van der Waals surface area contributed by atoms with Crippen LogP contribution in [0.4, 0.5) is 0 Å². The van der Waals surface area contributed by atoms with Crippen LogP contribution < -0.4 is 0 Å². The Kier molecular flexibility index (Phi) is 4.44. The van der Waals surface area contributed by atoms with E-state index in [0.717, 1.165) is 38.7 Å². The molecule has 0 saturated carbocycles. The molecule has 2 heterocycles. The van der Waals surface area contributed by atoms with Gasteiger partial charge in [0.25, 0.3) is 6.47 Å². The van der Waals surface area contributed by atoms with E-state index in [4.69, 9.17) is 4.74 Å². The average molecular weight is 397 g/mol. The number of carbonyl (C=O) groups excluding carboxylic acids is 1. The molecule has 3 aromatic carbocycles. The molecule has 30 heavy (non-hydrogen) atoms. The molecule has 0 aliphatic heterocycles. The lowest BCUT2D eigenvalue weighted by Crippen LogP contribution is -1.98. The van der Waals surface area contributed by atoms with Gasteiger partial charge in [-0.1, -0.05) is 12.1 Å². The number of nitrogens with zero attached hydrogens (tertiary/aromatic N) is 3. The zero-order valence-electron chi connectivity index (χ0n) is 16.1. The normalized spacial score (nSPS) is 11.2. The van der Waals surface area contributed by atoms with Crippen molar-refractivity contribution < 1.29 is 14.6 Å². The Bertz CT molecular complexity index is 1340. The highest BCUT2D eigenvalue weighted by Gasteiger charge is 2.14. The molecule has 6 nitrogen and oxygen atoms in total. The quantitative estimate of drug-likeness (QED) is 0.341. The van der Waals surface area contributed by atoms with E-state index in [0.29, 0.717) is 19.5 Å². The van der Waals surface area contributed by atoms with Crippen molar-refractivity contribution in [3.05, 3.63) is 84.9 Å². The third kappa shape index (κ3) is 3.08. The van der Waals surface area contributed by atoms with Gasteiger partial charge in [-0.3, -0.25) is 4.79 Å². The molecule has 0 atom stereocenters. The first-order valence-corrected chi connectivity index (χ1v) is 9.65. The van der Waals surface area contributed by atoms with Gasteiger partial charge in [-0.2, -0.15) is 0 Å². The molecule has 5 rings (SSSR count). The maximum atomic E-state index is 10.5. The number of fused-ring (bicyclic) bond motifs is 3. The number of phenols is 1. The van der Waals surface area contributed by atoms with E-state index in [1.807, 2.05) is 22.9 Å². The van der Waals surface area contributed by atoms with Gasteiger partial charge in [-0.15, -0.1) is 0 Å². The summed E-state index contributed by atoms with van der Waals surface area (Å²) in [5, 5.41) is 12.0. The van der Waals surface area contributed by atoms with E-state index in [2.05, 4.69) is 45.9 Å². The first-order chi connectivity index (χ1) is 14.7. The SMILES string of the molecule is O=COCCc1ccc2c3cc(-n4ccnc4)ccc3n(-c3ccc(O)cc3)c2c1. The Morgan fingerprint density at radius 2 is 1.77 bits per heavy atom. The van der Waals surface area contributed by atoms with Crippen LogP contribution in [-0.4, -0.2) is 32.3 Å². The van der Waals surface area contributed by atoms with Crippen molar-refractivity contribution in [1.82, 2.24) is 14.1 Å². The topological polar surface area (TPSA) is 69.3 Å². The van der Waals surface area contributed by atoms with E-state index in [1.165, 1.54) is 0 Å². The lowest BCUT2D eigenvalue weighted by molar-refractivity contribution is -0.128. The Labute approximate surface area is 172 Å². The molecule has 0 aliphatic rings. The third-order valence-corrected chi connectivity index (χ3v) is 5.30. The zero-order chi connectivity index (χ0) is 20.5. The molecule has 0 spiro atoms. The van der Waals surface area contributed by atoms with Gasteiger partial charge in [0.1, 0.15) is 5.75 Å². The van der Waals surface area contributed by atoms with Crippen molar-refractivity contribution in [2.24, 2.45) is 0 Å². The second kappa shape index (κ2) is 7.40. The lowest BCUT2D eigenvalue weighted by Gasteiger charge is -2.09. The number of benzene rings is 3. The van der Waals surface area contributed by atoms with Crippen molar-refractivity contribution in [2.45, 2.75) is 6.42 Å². The fourth-order valence-corrected chi connectivity index (χ4v) is 3.89. The van der Waals surface area contributed by atoms with Crippen LogP contribution in [0.15, 0.2) is 79.4 Å². The van der Waals surface area contributed by atoms with Gasteiger partial charge in [0.2, 0.25) is 0 Å². The van der Waals surface area contributed by atoms with Gasteiger partial charge < -0.3 is 19.0 Å². The Morgan fingerprint density at radius 3 is 2.53 bits per heavy atom. The molecule has 0 bridgehead atoms. The molecule has 0 saturated heterocycles. The van der Waals surface area contributed by atoms with Crippen molar-refractivity contribution in [1.29, 1.82) is 0 Å². The van der Waals surface area contributed by atoms with Gasteiger partial charge in [-0.25, -0.2) is 4.98 Å². The van der Waals surface area contributed by atoms with Crippen LogP contribution in [0.2, 0.25) is 0 Å². The minimum Gasteiger partial charge on any atom is -0.508 e. The first-order valence-electron chi connectivity index (χ1n) is 9.65. The lowest BCUT2D eigenvalue weighted by atomic mass is 10.1. The van der Waals surface area contributed by atoms with E-state index in [-0.39, 0.29) is 5.75 Å². The number of carbonyl (C=O) groups is 1. The molecule has 0 fully saturated rings. The van der Waals surface area contributed by atoms with Gasteiger partial charge in [0.15, 0.2) is 0 Å². The monoisotopic (exact) mass is 397 g/mol. The van der Waals surface area contributed by atoms with Gasteiger partial charge in [0, 0.05) is 41.0 Å². The largest absolute Gasteiger partial charge is 0.508 e. The molecule has 0 aliphatic carbocycles. The number of hydrogen-bond donors (Lipinski definition) is 1. The van der Waals surface area contributed by atoms with Crippen LogP contribution in [-0.2, 0) is 16.0 Å². The van der Waals surface area contributed by atoms with Gasteiger partial charge >= 0.3 is 0 Å². The fourth-order valence-electron chi connectivity index (χ4n) is 3.89. The summed E-state index contributed by atoms with van der Waals surface area (Å²) >= 11 is 0. The zero-order valence-corrected chi connectivity index (χ0v) is 16.1.